The number of hydrogen-bond acceptors (Lipinski definition) is 3. The van der Waals surface area contributed by atoms with E-state index in [2.05, 4.69) is 48.0 Å². The van der Waals surface area contributed by atoms with Crippen molar-refractivity contribution in [3.8, 4) is 5.75 Å². The predicted octanol–water partition coefficient (Wildman–Crippen LogP) is 3.89. The van der Waals surface area contributed by atoms with Crippen molar-refractivity contribution in [3.63, 3.8) is 0 Å². The van der Waals surface area contributed by atoms with E-state index in [1.165, 1.54) is 5.69 Å². The molecule has 1 N–H and O–H groups in total. The Labute approximate surface area is 132 Å². The molecule has 2 rings (SSSR count). The van der Waals surface area contributed by atoms with Crippen LogP contribution in [-0.2, 0) is 13.1 Å². The molecule has 4 nitrogen and oxygen atoms in total. The number of aromatic nitrogens is 2. The maximum Gasteiger partial charge on any atom is 0.148 e. The molecule has 0 bridgehead atoms. The summed E-state index contributed by atoms with van der Waals surface area (Å²) in [6.07, 6.45) is 0. The van der Waals surface area contributed by atoms with E-state index in [4.69, 9.17) is 4.74 Å². The van der Waals surface area contributed by atoms with Crippen LogP contribution in [-0.4, -0.2) is 16.9 Å². The van der Waals surface area contributed by atoms with Crippen LogP contribution in [0.15, 0.2) is 30.3 Å². The molecule has 1 aromatic carbocycles. The first-order valence-electron chi connectivity index (χ1n) is 7.00. The second kappa shape index (κ2) is 7.93. The summed E-state index contributed by atoms with van der Waals surface area (Å²) in [5.74, 6) is 2.41. The standard InChI is InChI=1S/C16H23N3O.ClH/c1-12(2)11-19-13(3)9-16(18-19)17-10-14-7-5-6-8-15(14)20-4;/h5-9,12H,10-11H2,1-4H3,(H,17,18);1H. The Morgan fingerprint density at radius 1 is 1.29 bits per heavy atom. The number of methoxy groups -OCH3 is 1. The molecule has 116 valence electrons. The van der Waals surface area contributed by atoms with E-state index in [0.29, 0.717) is 12.5 Å². The van der Waals surface area contributed by atoms with Crippen molar-refractivity contribution in [2.45, 2.75) is 33.9 Å². The van der Waals surface area contributed by atoms with Gasteiger partial charge in [-0.3, -0.25) is 4.68 Å². The molecule has 0 radical (unpaired) electrons. The van der Waals surface area contributed by atoms with Gasteiger partial charge in [0.25, 0.3) is 0 Å². The average molecular weight is 310 g/mol. The van der Waals surface area contributed by atoms with Gasteiger partial charge in [-0.05, 0) is 18.9 Å². The van der Waals surface area contributed by atoms with Gasteiger partial charge in [0.15, 0.2) is 0 Å². The molecule has 21 heavy (non-hydrogen) atoms. The Kier molecular flexibility index (Phi) is 6.56. The number of hydrogen-bond donors (Lipinski definition) is 1. The van der Waals surface area contributed by atoms with Crippen LogP contribution in [0, 0.1) is 12.8 Å². The van der Waals surface area contributed by atoms with Crippen molar-refractivity contribution in [2.75, 3.05) is 12.4 Å². The molecule has 0 saturated carbocycles. The Morgan fingerprint density at radius 2 is 2.00 bits per heavy atom. The van der Waals surface area contributed by atoms with Gasteiger partial charge >= 0.3 is 0 Å². The highest BCUT2D eigenvalue weighted by molar-refractivity contribution is 5.85. The van der Waals surface area contributed by atoms with Crippen molar-refractivity contribution >= 4 is 18.2 Å². The quantitative estimate of drug-likeness (QED) is 0.880. The summed E-state index contributed by atoms with van der Waals surface area (Å²) < 4.78 is 7.40. The smallest absolute Gasteiger partial charge is 0.148 e. The van der Waals surface area contributed by atoms with E-state index >= 15 is 0 Å². The number of halogens is 1. The number of para-hydroxylation sites is 1. The van der Waals surface area contributed by atoms with E-state index in [1.54, 1.807) is 7.11 Å². The maximum absolute atomic E-state index is 5.35. The molecule has 0 fully saturated rings. The van der Waals surface area contributed by atoms with Crippen LogP contribution in [0.5, 0.6) is 5.75 Å². The molecule has 0 amide bonds. The molecular weight excluding hydrogens is 286 g/mol. The van der Waals surface area contributed by atoms with E-state index in [0.717, 1.165) is 23.7 Å². The van der Waals surface area contributed by atoms with Gasteiger partial charge in [-0.1, -0.05) is 32.0 Å². The minimum absolute atomic E-state index is 0. The highest BCUT2D eigenvalue weighted by Crippen LogP contribution is 2.19. The zero-order valence-corrected chi connectivity index (χ0v) is 13.9. The minimum atomic E-state index is 0. The van der Waals surface area contributed by atoms with Gasteiger partial charge in [0.2, 0.25) is 0 Å². The lowest BCUT2D eigenvalue weighted by atomic mass is 10.2. The summed E-state index contributed by atoms with van der Waals surface area (Å²) >= 11 is 0. The molecule has 5 heteroatoms. The monoisotopic (exact) mass is 309 g/mol. The fourth-order valence-corrected chi connectivity index (χ4v) is 2.16. The lowest BCUT2D eigenvalue weighted by Crippen LogP contribution is -2.08. The maximum atomic E-state index is 5.35. The fourth-order valence-electron chi connectivity index (χ4n) is 2.16. The number of ether oxygens (including phenoxy) is 1. The van der Waals surface area contributed by atoms with E-state index < -0.39 is 0 Å². The molecule has 2 aromatic rings. The van der Waals surface area contributed by atoms with Crippen molar-refractivity contribution in [1.82, 2.24) is 9.78 Å². The van der Waals surface area contributed by atoms with Crippen LogP contribution in [0.1, 0.15) is 25.1 Å². The van der Waals surface area contributed by atoms with Crippen LogP contribution < -0.4 is 10.1 Å². The Hall–Kier alpha value is -1.68. The summed E-state index contributed by atoms with van der Waals surface area (Å²) in [5, 5.41) is 7.94. The molecule has 0 saturated heterocycles. The molecule has 0 unspecified atom stereocenters. The molecule has 0 aliphatic heterocycles. The molecule has 1 heterocycles. The first-order chi connectivity index (χ1) is 9.60. The highest BCUT2D eigenvalue weighted by atomic mass is 35.5. The largest absolute Gasteiger partial charge is 0.496 e. The third-order valence-corrected chi connectivity index (χ3v) is 3.17. The molecular formula is C16H24ClN3O. The first-order valence-corrected chi connectivity index (χ1v) is 7.00. The number of aryl methyl sites for hydroxylation is 1. The Morgan fingerprint density at radius 3 is 2.67 bits per heavy atom. The van der Waals surface area contributed by atoms with Crippen LogP contribution in [0.25, 0.3) is 0 Å². The zero-order valence-electron chi connectivity index (χ0n) is 13.1. The van der Waals surface area contributed by atoms with E-state index in [1.807, 2.05) is 18.2 Å². The van der Waals surface area contributed by atoms with Gasteiger partial charge in [-0.2, -0.15) is 5.10 Å². The fraction of sp³-hybridized carbons (Fsp3) is 0.438. The van der Waals surface area contributed by atoms with Crippen LogP contribution in [0.2, 0.25) is 0 Å². The van der Waals surface area contributed by atoms with E-state index in [-0.39, 0.29) is 12.4 Å². The SMILES string of the molecule is COc1ccccc1CNc1cc(C)n(CC(C)C)n1.Cl. The summed E-state index contributed by atoms with van der Waals surface area (Å²) in [4.78, 5) is 0. The number of benzene rings is 1. The van der Waals surface area contributed by atoms with Gasteiger partial charge in [0, 0.05) is 30.4 Å². The van der Waals surface area contributed by atoms with Crippen molar-refractivity contribution in [2.24, 2.45) is 5.92 Å². The van der Waals surface area contributed by atoms with Crippen LogP contribution in [0.3, 0.4) is 0 Å². The topological polar surface area (TPSA) is 39.1 Å². The molecule has 1 aromatic heterocycles. The number of anilines is 1. The summed E-state index contributed by atoms with van der Waals surface area (Å²) in [5.41, 5.74) is 2.31. The molecule has 0 aliphatic rings. The third-order valence-electron chi connectivity index (χ3n) is 3.17. The molecule has 0 atom stereocenters. The van der Waals surface area contributed by atoms with Gasteiger partial charge in [0.05, 0.1) is 7.11 Å². The summed E-state index contributed by atoms with van der Waals surface area (Å²) in [6, 6.07) is 10.1. The van der Waals surface area contributed by atoms with Crippen LogP contribution in [0.4, 0.5) is 5.82 Å². The lowest BCUT2D eigenvalue weighted by Gasteiger charge is -2.09. The third kappa shape index (κ3) is 4.67. The van der Waals surface area contributed by atoms with Gasteiger partial charge in [-0.25, -0.2) is 0 Å². The van der Waals surface area contributed by atoms with Gasteiger partial charge in [-0.15, -0.1) is 12.4 Å². The Balaban J connectivity index is 0.00000220. The second-order valence-electron chi connectivity index (χ2n) is 5.41. The normalized spacial score (nSPS) is 10.3. The van der Waals surface area contributed by atoms with Crippen molar-refractivity contribution in [1.29, 1.82) is 0 Å². The van der Waals surface area contributed by atoms with Crippen molar-refractivity contribution < 1.29 is 4.74 Å². The van der Waals surface area contributed by atoms with E-state index in [9.17, 15) is 0 Å². The summed E-state index contributed by atoms with van der Waals surface area (Å²) in [6.45, 7) is 8.14. The van der Waals surface area contributed by atoms with Gasteiger partial charge in [0.1, 0.15) is 11.6 Å². The second-order valence-corrected chi connectivity index (χ2v) is 5.41. The summed E-state index contributed by atoms with van der Waals surface area (Å²) in [7, 11) is 1.69. The van der Waals surface area contributed by atoms with Gasteiger partial charge < -0.3 is 10.1 Å². The minimum Gasteiger partial charge on any atom is -0.496 e. The van der Waals surface area contributed by atoms with Crippen LogP contribution >= 0.6 is 12.4 Å². The lowest BCUT2D eigenvalue weighted by molar-refractivity contribution is 0.410. The molecule has 0 aliphatic carbocycles. The average Bonchev–Trinajstić information content (AvgIpc) is 2.76. The highest BCUT2D eigenvalue weighted by Gasteiger charge is 2.07. The van der Waals surface area contributed by atoms with Crippen molar-refractivity contribution in [3.05, 3.63) is 41.6 Å². The number of nitrogens with one attached hydrogen (secondary N) is 1. The predicted molar refractivity (Wildman–Crippen MR) is 89.4 cm³/mol. The first kappa shape index (κ1) is 17.4. The molecule has 0 spiro atoms. The zero-order chi connectivity index (χ0) is 14.5. The number of rotatable bonds is 6. The Bertz CT molecular complexity index is 566. The number of nitrogens with zero attached hydrogens (tertiary/aromatic N) is 2.